The van der Waals surface area contributed by atoms with Crippen molar-refractivity contribution in [3.05, 3.63) is 97.4 Å². The lowest BCUT2D eigenvalue weighted by molar-refractivity contribution is -0.140. The molecule has 0 saturated heterocycles. The van der Waals surface area contributed by atoms with Gasteiger partial charge in [-0.3, -0.25) is 13.9 Å². The number of carbonyl (C=O) groups excluding carboxylic acids is 2. The Kier molecular flexibility index (Phi) is 11.8. The van der Waals surface area contributed by atoms with Crippen molar-refractivity contribution in [2.24, 2.45) is 0 Å². The Hall–Kier alpha value is -2.30. The van der Waals surface area contributed by atoms with Crippen molar-refractivity contribution < 1.29 is 18.0 Å². The van der Waals surface area contributed by atoms with Crippen LogP contribution in [0, 0.1) is 0 Å². The molecule has 0 radical (unpaired) electrons. The van der Waals surface area contributed by atoms with Gasteiger partial charge in [-0.25, -0.2) is 8.42 Å². The maximum absolute atomic E-state index is 14.3. The van der Waals surface area contributed by atoms with Crippen LogP contribution in [0.5, 0.6) is 0 Å². The van der Waals surface area contributed by atoms with Crippen LogP contribution in [0.1, 0.15) is 43.2 Å². The fraction of sp³-hybridized carbons (Fsp3) is 0.355. The molecular formula is C31H33BrCl3N3O4S. The number of nitrogens with one attached hydrogen (secondary N) is 1. The molecule has 1 fully saturated rings. The van der Waals surface area contributed by atoms with Crippen LogP contribution >= 0.6 is 50.7 Å². The Bertz CT molecular complexity index is 1550. The number of benzene rings is 3. The van der Waals surface area contributed by atoms with Crippen molar-refractivity contribution in [3.8, 4) is 0 Å². The van der Waals surface area contributed by atoms with Crippen LogP contribution < -0.4 is 9.62 Å². The molecular weight excluding hydrogens is 697 g/mol. The minimum absolute atomic E-state index is 0.0144. The molecule has 3 aromatic carbocycles. The number of halogens is 4. The van der Waals surface area contributed by atoms with E-state index in [1.54, 1.807) is 0 Å². The Morgan fingerprint density at radius 3 is 2.21 bits per heavy atom. The number of hydrogen-bond donors (Lipinski definition) is 1. The SMILES string of the molecule is CS(=O)(=O)N(CC(=O)N(Cc1cccc(Br)c1)[C@@H](Cc1ccccc1)C(=O)NC1CCCCC1)c1cc(Cl)c(Cl)cc1Cl. The van der Waals surface area contributed by atoms with Gasteiger partial charge >= 0.3 is 0 Å². The zero-order valence-electron chi connectivity index (χ0n) is 23.6. The predicted molar refractivity (Wildman–Crippen MR) is 177 cm³/mol. The molecule has 12 heteroatoms. The van der Waals surface area contributed by atoms with Gasteiger partial charge in [0.25, 0.3) is 0 Å². The van der Waals surface area contributed by atoms with Gasteiger partial charge in [-0.15, -0.1) is 0 Å². The molecule has 2 amide bonds. The predicted octanol–water partition coefficient (Wildman–Crippen LogP) is 7.26. The summed E-state index contributed by atoms with van der Waals surface area (Å²) in [7, 11) is -4.01. The van der Waals surface area contributed by atoms with E-state index in [1.807, 2.05) is 54.6 Å². The molecule has 0 aromatic heterocycles. The fourth-order valence-electron chi connectivity index (χ4n) is 5.23. The number of anilines is 1. The maximum atomic E-state index is 14.3. The molecule has 0 bridgehead atoms. The van der Waals surface area contributed by atoms with E-state index in [0.717, 1.165) is 58.3 Å². The minimum Gasteiger partial charge on any atom is -0.352 e. The molecule has 1 atom stereocenters. The van der Waals surface area contributed by atoms with Crippen molar-refractivity contribution in [3.63, 3.8) is 0 Å². The van der Waals surface area contributed by atoms with Gasteiger partial charge in [0.1, 0.15) is 12.6 Å². The normalized spacial score (nSPS) is 14.6. The number of nitrogens with zero attached hydrogens (tertiary/aromatic N) is 2. The molecule has 230 valence electrons. The third-order valence-electron chi connectivity index (χ3n) is 7.40. The third kappa shape index (κ3) is 9.35. The van der Waals surface area contributed by atoms with E-state index in [1.165, 1.54) is 17.0 Å². The average Bonchev–Trinajstić information content (AvgIpc) is 2.96. The lowest BCUT2D eigenvalue weighted by Crippen LogP contribution is -2.55. The molecule has 0 unspecified atom stereocenters. The summed E-state index contributed by atoms with van der Waals surface area (Å²) in [5.41, 5.74) is 1.65. The van der Waals surface area contributed by atoms with Crippen LogP contribution in [-0.2, 0) is 32.6 Å². The maximum Gasteiger partial charge on any atom is 0.244 e. The second-order valence-electron chi connectivity index (χ2n) is 10.7. The highest BCUT2D eigenvalue weighted by Gasteiger charge is 2.34. The molecule has 4 rings (SSSR count). The Balaban J connectivity index is 1.75. The third-order valence-corrected chi connectivity index (χ3v) is 10.0. The smallest absolute Gasteiger partial charge is 0.244 e. The van der Waals surface area contributed by atoms with E-state index in [0.29, 0.717) is 0 Å². The van der Waals surface area contributed by atoms with Crippen LogP contribution in [0.4, 0.5) is 5.69 Å². The summed E-state index contributed by atoms with van der Waals surface area (Å²) in [5, 5.41) is 3.43. The molecule has 7 nitrogen and oxygen atoms in total. The van der Waals surface area contributed by atoms with Crippen LogP contribution in [0.15, 0.2) is 71.2 Å². The lowest BCUT2D eigenvalue weighted by Gasteiger charge is -2.35. The van der Waals surface area contributed by atoms with Crippen LogP contribution in [0.3, 0.4) is 0 Å². The summed E-state index contributed by atoms with van der Waals surface area (Å²) in [6.07, 6.45) is 6.17. The number of rotatable bonds is 11. The highest BCUT2D eigenvalue weighted by molar-refractivity contribution is 9.10. The zero-order valence-corrected chi connectivity index (χ0v) is 28.3. The van der Waals surface area contributed by atoms with Crippen LogP contribution in [0.25, 0.3) is 0 Å². The summed E-state index contributed by atoms with van der Waals surface area (Å²) < 4.78 is 27.8. The minimum atomic E-state index is -4.01. The van der Waals surface area contributed by atoms with E-state index >= 15 is 0 Å². The first kappa shape index (κ1) is 33.6. The van der Waals surface area contributed by atoms with Gasteiger partial charge in [0.2, 0.25) is 21.8 Å². The molecule has 43 heavy (non-hydrogen) atoms. The van der Waals surface area contributed by atoms with Gasteiger partial charge in [0.15, 0.2) is 0 Å². The molecule has 3 aromatic rings. The van der Waals surface area contributed by atoms with Crippen molar-refractivity contribution in [1.29, 1.82) is 0 Å². The molecule has 1 saturated carbocycles. The zero-order chi connectivity index (χ0) is 31.1. The number of carbonyl (C=O) groups is 2. The summed E-state index contributed by atoms with van der Waals surface area (Å²) in [6, 6.07) is 18.6. The van der Waals surface area contributed by atoms with Gasteiger partial charge in [-0.1, -0.05) is 112 Å². The summed E-state index contributed by atoms with van der Waals surface area (Å²) in [4.78, 5) is 29.7. The molecule has 0 aliphatic heterocycles. The summed E-state index contributed by atoms with van der Waals surface area (Å²) in [6.45, 7) is -0.535. The second kappa shape index (κ2) is 15.1. The van der Waals surface area contributed by atoms with Gasteiger partial charge in [0.05, 0.1) is 27.0 Å². The molecule has 1 aliphatic carbocycles. The van der Waals surface area contributed by atoms with Crippen LogP contribution in [0.2, 0.25) is 15.1 Å². The first-order valence-electron chi connectivity index (χ1n) is 13.9. The number of hydrogen-bond acceptors (Lipinski definition) is 4. The van der Waals surface area contributed by atoms with E-state index in [2.05, 4.69) is 21.2 Å². The second-order valence-corrected chi connectivity index (χ2v) is 14.7. The number of amides is 2. The summed E-state index contributed by atoms with van der Waals surface area (Å²) >= 11 is 22.2. The van der Waals surface area contributed by atoms with E-state index < -0.39 is 28.5 Å². The molecule has 1 N–H and O–H groups in total. The standard InChI is InChI=1S/C31H33BrCl3N3O4S/c1-43(41,42)38(28-18-26(34)25(33)17-27(28)35)20-30(39)37(19-22-11-8-12-23(32)15-22)29(16-21-9-4-2-5-10-21)31(40)36-24-13-6-3-7-14-24/h2,4-5,8-12,15,17-18,24,29H,3,6-7,13-14,16,19-20H2,1H3,(H,36,40)/t29-/m0/s1. The largest absolute Gasteiger partial charge is 0.352 e. The lowest BCUT2D eigenvalue weighted by atomic mass is 9.94. The molecule has 0 heterocycles. The molecule has 0 spiro atoms. The summed E-state index contributed by atoms with van der Waals surface area (Å²) in [5.74, 6) is -0.857. The van der Waals surface area contributed by atoms with Crippen molar-refractivity contribution >= 4 is 78.3 Å². The Labute approximate surface area is 276 Å². The van der Waals surface area contributed by atoms with Crippen LogP contribution in [-0.4, -0.2) is 50.0 Å². The van der Waals surface area contributed by atoms with Crippen molar-refractivity contribution in [1.82, 2.24) is 10.2 Å². The van der Waals surface area contributed by atoms with E-state index in [-0.39, 0.29) is 45.7 Å². The van der Waals surface area contributed by atoms with E-state index in [4.69, 9.17) is 34.8 Å². The Morgan fingerprint density at radius 2 is 1.56 bits per heavy atom. The number of sulfonamides is 1. The van der Waals surface area contributed by atoms with Crippen molar-refractivity contribution in [2.75, 3.05) is 17.1 Å². The van der Waals surface area contributed by atoms with E-state index in [9.17, 15) is 18.0 Å². The van der Waals surface area contributed by atoms with Gasteiger partial charge in [-0.05, 0) is 48.2 Å². The topological polar surface area (TPSA) is 86.8 Å². The van der Waals surface area contributed by atoms with Crippen molar-refractivity contribution in [2.45, 2.75) is 57.2 Å². The highest BCUT2D eigenvalue weighted by atomic mass is 79.9. The molecule has 1 aliphatic rings. The highest BCUT2D eigenvalue weighted by Crippen LogP contribution is 2.36. The van der Waals surface area contributed by atoms with Gasteiger partial charge < -0.3 is 10.2 Å². The Morgan fingerprint density at radius 1 is 0.907 bits per heavy atom. The van der Waals surface area contributed by atoms with Gasteiger partial charge in [-0.2, -0.15) is 0 Å². The first-order valence-corrected chi connectivity index (χ1v) is 17.7. The first-order chi connectivity index (χ1) is 20.4. The quantitative estimate of drug-likeness (QED) is 0.211. The average molecular weight is 730 g/mol. The fourth-order valence-corrected chi connectivity index (χ4v) is 7.22. The van der Waals surface area contributed by atoms with Gasteiger partial charge in [0, 0.05) is 23.5 Å². The monoisotopic (exact) mass is 727 g/mol.